The van der Waals surface area contributed by atoms with Gasteiger partial charge in [0.2, 0.25) is 0 Å². The number of methoxy groups -OCH3 is 1. The summed E-state index contributed by atoms with van der Waals surface area (Å²) in [4.78, 5) is 11.8. The van der Waals surface area contributed by atoms with Gasteiger partial charge in [0, 0.05) is 11.1 Å². The normalized spacial score (nSPS) is 10.6. The average Bonchev–Trinajstić information content (AvgIpc) is 2.49. The minimum absolute atomic E-state index is 0.0201. The second-order valence-corrected chi connectivity index (χ2v) is 4.46. The molecule has 0 saturated heterocycles. The molecule has 2 aromatic carbocycles. The Hall–Kier alpha value is -2.82. The minimum atomic E-state index is -0.311. The largest absolute Gasteiger partial charge is 0.504 e. The van der Waals surface area contributed by atoms with E-state index in [2.05, 4.69) is 10.5 Å². The molecule has 0 aliphatic heterocycles. The van der Waals surface area contributed by atoms with Crippen molar-refractivity contribution in [1.82, 2.24) is 5.43 Å². The molecule has 2 N–H and O–H groups in total. The monoisotopic (exact) mass is 284 g/mol. The van der Waals surface area contributed by atoms with Gasteiger partial charge in [-0.1, -0.05) is 23.8 Å². The fraction of sp³-hybridized carbons (Fsp3) is 0.125. The molecule has 0 radical (unpaired) electrons. The van der Waals surface area contributed by atoms with E-state index in [1.54, 1.807) is 30.3 Å². The first kappa shape index (κ1) is 14.6. The third-order valence-electron chi connectivity index (χ3n) is 2.93. The summed E-state index contributed by atoms with van der Waals surface area (Å²) in [5, 5.41) is 13.7. The molecule has 0 heterocycles. The lowest BCUT2D eigenvalue weighted by Gasteiger charge is -2.05. The molecule has 2 aromatic rings. The molecule has 2 rings (SSSR count). The van der Waals surface area contributed by atoms with Crippen molar-refractivity contribution in [2.45, 2.75) is 6.92 Å². The van der Waals surface area contributed by atoms with Gasteiger partial charge in [-0.2, -0.15) is 5.10 Å². The van der Waals surface area contributed by atoms with Crippen molar-refractivity contribution in [2.24, 2.45) is 5.10 Å². The van der Waals surface area contributed by atoms with E-state index in [1.165, 1.54) is 13.3 Å². The summed E-state index contributed by atoms with van der Waals surface area (Å²) in [6, 6.07) is 12.2. The van der Waals surface area contributed by atoms with Gasteiger partial charge in [-0.3, -0.25) is 4.79 Å². The highest BCUT2D eigenvalue weighted by Gasteiger charge is 2.06. The van der Waals surface area contributed by atoms with Crippen molar-refractivity contribution in [3.63, 3.8) is 0 Å². The van der Waals surface area contributed by atoms with E-state index in [0.717, 1.165) is 5.56 Å². The van der Waals surface area contributed by atoms with Crippen molar-refractivity contribution in [2.75, 3.05) is 7.11 Å². The standard InChI is InChI=1S/C16H16N2O3/c1-11-6-8-12(9-7-11)16(20)18-17-10-13-4-3-5-14(21-2)15(13)19/h3-10,19H,1-2H3,(H,18,20)/b17-10-. The number of nitrogens with one attached hydrogen (secondary N) is 1. The van der Waals surface area contributed by atoms with E-state index < -0.39 is 0 Å². The Bertz CT molecular complexity index is 664. The molecule has 0 unspecified atom stereocenters. The van der Waals surface area contributed by atoms with Crippen LogP contribution in [0.25, 0.3) is 0 Å². The molecule has 0 fully saturated rings. The van der Waals surface area contributed by atoms with Gasteiger partial charge in [0.15, 0.2) is 11.5 Å². The number of benzene rings is 2. The lowest BCUT2D eigenvalue weighted by Crippen LogP contribution is -2.17. The van der Waals surface area contributed by atoms with Gasteiger partial charge in [-0.15, -0.1) is 0 Å². The van der Waals surface area contributed by atoms with Gasteiger partial charge in [0.25, 0.3) is 5.91 Å². The van der Waals surface area contributed by atoms with Gasteiger partial charge >= 0.3 is 0 Å². The number of para-hydroxylation sites is 1. The molecule has 0 bridgehead atoms. The number of ether oxygens (including phenoxy) is 1. The fourth-order valence-electron chi connectivity index (χ4n) is 1.74. The molecule has 1 amide bonds. The molecule has 0 spiro atoms. The molecule has 0 atom stereocenters. The summed E-state index contributed by atoms with van der Waals surface area (Å²) < 4.78 is 4.99. The van der Waals surface area contributed by atoms with Crippen molar-refractivity contribution in [1.29, 1.82) is 0 Å². The lowest BCUT2D eigenvalue weighted by molar-refractivity contribution is 0.0955. The highest BCUT2D eigenvalue weighted by Crippen LogP contribution is 2.27. The van der Waals surface area contributed by atoms with E-state index in [9.17, 15) is 9.90 Å². The number of hydrogen-bond donors (Lipinski definition) is 2. The van der Waals surface area contributed by atoms with E-state index >= 15 is 0 Å². The van der Waals surface area contributed by atoms with Crippen LogP contribution < -0.4 is 10.2 Å². The van der Waals surface area contributed by atoms with E-state index in [4.69, 9.17) is 4.74 Å². The zero-order valence-electron chi connectivity index (χ0n) is 11.8. The number of phenolic OH excluding ortho intramolecular Hbond substituents is 1. The first-order valence-corrected chi connectivity index (χ1v) is 6.38. The van der Waals surface area contributed by atoms with E-state index in [-0.39, 0.29) is 11.7 Å². The van der Waals surface area contributed by atoms with Crippen LogP contribution in [0.1, 0.15) is 21.5 Å². The van der Waals surface area contributed by atoms with Crippen LogP contribution in [-0.2, 0) is 0 Å². The van der Waals surface area contributed by atoms with Crippen LogP contribution >= 0.6 is 0 Å². The van der Waals surface area contributed by atoms with Gasteiger partial charge in [0.05, 0.1) is 13.3 Å². The Kier molecular flexibility index (Phi) is 4.56. The van der Waals surface area contributed by atoms with Crippen LogP contribution in [0.15, 0.2) is 47.6 Å². The summed E-state index contributed by atoms with van der Waals surface area (Å²) >= 11 is 0. The number of phenols is 1. The highest BCUT2D eigenvalue weighted by molar-refractivity contribution is 5.95. The predicted octanol–water partition coefficient (Wildman–Crippen LogP) is 2.47. The number of aryl methyl sites for hydroxylation is 1. The maximum Gasteiger partial charge on any atom is 0.271 e. The summed E-state index contributed by atoms with van der Waals surface area (Å²) in [6.45, 7) is 1.95. The summed E-state index contributed by atoms with van der Waals surface area (Å²) in [5.41, 5.74) is 4.47. The topological polar surface area (TPSA) is 70.9 Å². The number of hydrazone groups is 1. The van der Waals surface area contributed by atoms with Crippen LogP contribution in [0.5, 0.6) is 11.5 Å². The van der Waals surface area contributed by atoms with Crippen LogP contribution in [0.2, 0.25) is 0 Å². The third kappa shape index (κ3) is 3.60. The number of amides is 1. The average molecular weight is 284 g/mol. The summed E-state index contributed by atoms with van der Waals surface area (Å²) in [5.74, 6) is 0.0192. The zero-order valence-corrected chi connectivity index (χ0v) is 11.8. The number of rotatable bonds is 4. The SMILES string of the molecule is COc1cccc(/C=N\NC(=O)c2ccc(C)cc2)c1O. The Balaban J connectivity index is 2.05. The van der Waals surface area contributed by atoms with E-state index in [1.807, 2.05) is 19.1 Å². The number of hydrogen-bond acceptors (Lipinski definition) is 4. The van der Waals surface area contributed by atoms with Gasteiger partial charge in [0.1, 0.15) is 0 Å². The predicted molar refractivity (Wildman–Crippen MR) is 80.9 cm³/mol. The quantitative estimate of drug-likeness (QED) is 0.669. The van der Waals surface area contributed by atoms with Crippen molar-refractivity contribution < 1.29 is 14.6 Å². The van der Waals surface area contributed by atoms with E-state index in [0.29, 0.717) is 16.9 Å². The Morgan fingerprint density at radius 1 is 1.24 bits per heavy atom. The number of carbonyl (C=O) groups excluding carboxylic acids is 1. The summed E-state index contributed by atoms with van der Waals surface area (Å²) in [6.07, 6.45) is 1.37. The number of carbonyl (C=O) groups is 1. The second-order valence-electron chi connectivity index (χ2n) is 4.46. The molecule has 5 heteroatoms. The van der Waals surface area contributed by atoms with Crippen molar-refractivity contribution in [3.8, 4) is 11.5 Å². The fourth-order valence-corrected chi connectivity index (χ4v) is 1.74. The van der Waals surface area contributed by atoms with Gasteiger partial charge in [-0.05, 0) is 31.2 Å². The molecule has 0 aromatic heterocycles. The molecule has 0 aliphatic rings. The van der Waals surface area contributed by atoms with Crippen LogP contribution in [-0.4, -0.2) is 24.3 Å². The molecule has 0 saturated carbocycles. The number of aromatic hydroxyl groups is 1. The summed E-state index contributed by atoms with van der Waals surface area (Å²) in [7, 11) is 1.47. The number of nitrogens with zero attached hydrogens (tertiary/aromatic N) is 1. The molecule has 108 valence electrons. The molecular formula is C16H16N2O3. The third-order valence-corrected chi connectivity index (χ3v) is 2.93. The maximum atomic E-state index is 11.8. The van der Waals surface area contributed by atoms with Crippen molar-refractivity contribution in [3.05, 3.63) is 59.2 Å². The maximum absolute atomic E-state index is 11.8. The molecule has 0 aliphatic carbocycles. The Morgan fingerprint density at radius 3 is 2.62 bits per heavy atom. The molecular weight excluding hydrogens is 268 g/mol. The smallest absolute Gasteiger partial charge is 0.271 e. The second kappa shape index (κ2) is 6.56. The Morgan fingerprint density at radius 2 is 1.95 bits per heavy atom. The van der Waals surface area contributed by atoms with Gasteiger partial charge < -0.3 is 9.84 Å². The molecule has 21 heavy (non-hydrogen) atoms. The van der Waals surface area contributed by atoms with Crippen LogP contribution in [0.4, 0.5) is 0 Å². The minimum Gasteiger partial charge on any atom is -0.504 e. The van der Waals surface area contributed by atoms with Crippen molar-refractivity contribution >= 4 is 12.1 Å². The Labute approximate surface area is 122 Å². The van der Waals surface area contributed by atoms with Crippen LogP contribution in [0, 0.1) is 6.92 Å². The molecule has 5 nitrogen and oxygen atoms in total. The van der Waals surface area contributed by atoms with Crippen LogP contribution in [0.3, 0.4) is 0 Å². The first-order valence-electron chi connectivity index (χ1n) is 6.38. The first-order chi connectivity index (χ1) is 10.1. The zero-order chi connectivity index (χ0) is 15.2. The lowest BCUT2D eigenvalue weighted by atomic mass is 10.1. The highest BCUT2D eigenvalue weighted by atomic mass is 16.5. The van der Waals surface area contributed by atoms with Gasteiger partial charge in [-0.25, -0.2) is 5.43 Å².